The van der Waals surface area contributed by atoms with Gasteiger partial charge in [-0.3, -0.25) is 0 Å². The monoisotopic (exact) mass is 220 g/mol. The first-order chi connectivity index (χ1) is 7.64. The first kappa shape index (κ1) is 11.2. The fourth-order valence-corrected chi connectivity index (χ4v) is 2.17. The van der Waals surface area contributed by atoms with Crippen molar-refractivity contribution in [3.63, 3.8) is 0 Å². The van der Waals surface area contributed by atoms with Crippen molar-refractivity contribution in [1.29, 1.82) is 0 Å². The lowest BCUT2D eigenvalue weighted by molar-refractivity contribution is 0.305. The van der Waals surface area contributed by atoms with E-state index in [0.717, 1.165) is 31.6 Å². The van der Waals surface area contributed by atoms with Crippen LogP contribution >= 0.6 is 0 Å². The molecule has 2 heterocycles. The number of nitrogens with one attached hydrogen (secondary N) is 1. The fourth-order valence-electron chi connectivity index (χ4n) is 2.17. The molecule has 0 aliphatic carbocycles. The molecule has 0 bridgehead atoms. The fraction of sp³-hybridized carbons (Fsp3) is 0.583. The molecule has 0 saturated carbocycles. The molecule has 1 aromatic heterocycles. The summed E-state index contributed by atoms with van der Waals surface area (Å²) < 4.78 is 0. The van der Waals surface area contributed by atoms with E-state index in [1.165, 1.54) is 0 Å². The van der Waals surface area contributed by atoms with Crippen molar-refractivity contribution in [3.05, 3.63) is 18.3 Å². The van der Waals surface area contributed by atoms with Crippen LogP contribution in [0, 0.1) is 0 Å². The predicted molar refractivity (Wildman–Crippen MR) is 67.6 cm³/mol. The van der Waals surface area contributed by atoms with Crippen LogP contribution in [0.2, 0.25) is 0 Å². The zero-order valence-corrected chi connectivity index (χ0v) is 10.0. The molecular weight excluding hydrogens is 200 g/mol. The van der Waals surface area contributed by atoms with E-state index in [9.17, 15) is 0 Å². The number of hydrogen-bond acceptors (Lipinski definition) is 4. The second kappa shape index (κ2) is 4.29. The third kappa shape index (κ3) is 2.11. The standard InChI is InChI=1S/C12H20N4/c1-12(14-2)5-8-16(9-6-12)10-4-3-7-15-11(10)13/h3-4,7,14H,5-6,8-9H2,1-2H3,(H2,13,15). The number of pyridine rings is 1. The quantitative estimate of drug-likeness (QED) is 0.787. The molecule has 88 valence electrons. The van der Waals surface area contributed by atoms with E-state index >= 15 is 0 Å². The number of piperidine rings is 1. The van der Waals surface area contributed by atoms with Gasteiger partial charge in [0.05, 0.1) is 5.69 Å². The number of rotatable bonds is 2. The van der Waals surface area contributed by atoms with Gasteiger partial charge in [-0.2, -0.15) is 0 Å². The average molecular weight is 220 g/mol. The molecule has 0 amide bonds. The van der Waals surface area contributed by atoms with Crippen LogP contribution in [0.1, 0.15) is 19.8 Å². The van der Waals surface area contributed by atoms with Crippen LogP contribution in [0.5, 0.6) is 0 Å². The molecule has 1 aromatic rings. The van der Waals surface area contributed by atoms with Crippen LogP contribution in [-0.2, 0) is 0 Å². The number of nitrogen functional groups attached to an aromatic ring is 1. The van der Waals surface area contributed by atoms with Crippen LogP contribution in [0.15, 0.2) is 18.3 Å². The number of nitrogens with two attached hydrogens (primary N) is 1. The minimum absolute atomic E-state index is 0.271. The van der Waals surface area contributed by atoms with Crippen molar-refractivity contribution >= 4 is 11.5 Å². The SMILES string of the molecule is CNC1(C)CCN(c2cccnc2N)CC1. The van der Waals surface area contributed by atoms with Gasteiger partial charge in [-0.15, -0.1) is 0 Å². The lowest BCUT2D eigenvalue weighted by Gasteiger charge is -2.40. The largest absolute Gasteiger partial charge is 0.382 e. The Hall–Kier alpha value is -1.29. The molecule has 1 aliphatic heterocycles. The van der Waals surface area contributed by atoms with E-state index < -0.39 is 0 Å². The van der Waals surface area contributed by atoms with Gasteiger partial charge in [0.15, 0.2) is 0 Å². The molecule has 0 spiro atoms. The Morgan fingerprint density at radius 3 is 2.69 bits per heavy atom. The normalized spacial score (nSPS) is 19.8. The second-order valence-corrected chi connectivity index (χ2v) is 4.71. The summed E-state index contributed by atoms with van der Waals surface area (Å²) in [7, 11) is 2.04. The van der Waals surface area contributed by atoms with Gasteiger partial charge in [-0.1, -0.05) is 0 Å². The van der Waals surface area contributed by atoms with E-state index in [2.05, 4.69) is 22.1 Å². The van der Waals surface area contributed by atoms with Crippen LogP contribution in [-0.4, -0.2) is 30.7 Å². The lowest BCUT2D eigenvalue weighted by Crippen LogP contribution is -2.50. The molecule has 0 atom stereocenters. The first-order valence-corrected chi connectivity index (χ1v) is 5.79. The topological polar surface area (TPSA) is 54.2 Å². The smallest absolute Gasteiger partial charge is 0.146 e. The summed E-state index contributed by atoms with van der Waals surface area (Å²) in [6.45, 7) is 4.34. The summed E-state index contributed by atoms with van der Waals surface area (Å²) in [4.78, 5) is 6.45. The third-order valence-corrected chi connectivity index (χ3v) is 3.63. The van der Waals surface area contributed by atoms with E-state index in [1.54, 1.807) is 6.20 Å². The third-order valence-electron chi connectivity index (χ3n) is 3.63. The van der Waals surface area contributed by atoms with Crippen molar-refractivity contribution in [2.24, 2.45) is 0 Å². The Balaban J connectivity index is 2.07. The molecule has 4 heteroatoms. The molecule has 16 heavy (non-hydrogen) atoms. The van der Waals surface area contributed by atoms with Crippen molar-refractivity contribution in [3.8, 4) is 0 Å². The van der Waals surface area contributed by atoms with Gasteiger partial charge in [-0.05, 0) is 38.9 Å². The molecular formula is C12H20N4. The number of aromatic nitrogens is 1. The highest BCUT2D eigenvalue weighted by molar-refractivity contribution is 5.63. The zero-order valence-electron chi connectivity index (χ0n) is 10.0. The Morgan fingerprint density at radius 2 is 2.12 bits per heavy atom. The number of nitrogens with zero attached hydrogens (tertiary/aromatic N) is 2. The summed E-state index contributed by atoms with van der Waals surface area (Å²) in [5.41, 5.74) is 7.22. The maximum absolute atomic E-state index is 5.88. The van der Waals surface area contributed by atoms with E-state index in [1.807, 2.05) is 19.2 Å². The van der Waals surface area contributed by atoms with Crippen molar-refractivity contribution in [2.75, 3.05) is 30.8 Å². The Bertz CT molecular complexity index is 356. The van der Waals surface area contributed by atoms with Gasteiger partial charge in [-0.25, -0.2) is 4.98 Å². The molecule has 3 N–H and O–H groups in total. The summed E-state index contributed by atoms with van der Waals surface area (Å²) in [5, 5.41) is 3.39. The average Bonchev–Trinajstić information content (AvgIpc) is 2.31. The summed E-state index contributed by atoms with van der Waals surface area (Å²) in [6.07, 6.45) is 4.01. The predicted octanol–water partition coefficient (Wildman–Crippen LogP) is 1.24. The second-order valence-electron chi connectivity index (χ2n) is 4.71. The molecule has 1 aliphatic rings. The molecule has 1 fully saturated rings. The van der Waals surface area contributed by atoms with Gasteiger partial charge in [0.1, 0.15) is 5.82 Å². The lowest BCUT2D eigenvalue weighted by atomic mass is 9.90. The first-order valence-electron chi connectivity index (χ1n) is 5.79. The minimum Gasteiger partial charge on any atom is -0.382 e. The maximum atomic E-state index is 5.88. The van der Waals surface area contributed by atoms with E-state index in [-0.39, 0.29) is 5.54 Å². The molecule has 1 saturated heterocycles. The Morgan fingerprint density at radius 1 is 1.44 bits per heavy atom. The Kier molecular flexibility index (Phi) is 3.01. The van der Waals surface area contributed by atoms with Crippen molar-refractivity contribution in [1.82, 2.24) is 10.3 Å². The minimum atomic E-state index is 0.271. The highest BCUT2D eigenvalue weighted by Crippen LogP contribution is 2.28. The molecule has 4 nitrogen and oxygen atoms in total. The van der Waals surface area contributed by atoms with Gasteiger partial charge in [0, 0.05) is 24.8 Å². The van der Waals surface area contributed by atoms with E-state index in [4.69, 9.17) is 5.73 Å². The molecule has 2 rings (SSSR count). The summed E-state index contributed by atoms with van der Waals surface area (Å²) in [6, 6.07) is 3.99. The van der Waals surface area contributed by atoms with Gasteiger partial charge >= 0.3 is 0 Å². The van der Waals surface area contributed by atoms with Crippen LogP contribution < -0.4 is 16.0 Å². The van der Waals surface area contributed by atoms with Crippen LogP contribution in [0.3, 0.4) is 0 Å². The molecule has 0 radical (unpaired) electrons. The van der Waals surface area contributed by atoms with Crippen LogP contribution in [0.25, 0.3) is 0 Å². The number of anilines is 2. The number of hydrogen-bond donors (Lipinski definition) is 2. The van der Waals surface area contributed by atoms with Crippen molar-refractivity contribution < 1.29 is 0 Å². The zero-order chi connectivity index (χ0) is 11.6. The highest BCUT2D eigenvalue weighted by Gasteiger charge is 2.28. The van der Waals surface area contributed by atoms with Crippen LogP contribution in [0.4, 0.5) is 11.5 Å². The molecule has 0 aromatic carbocycles. The van der Waals surface area contributed by atoms with Gasteiger partial charge in [0.25, 0.3) is 0 Å². The Labute approximate surface area is 96.8 Å². The van der Waals surface area contributed by atoms with Crippen molar-refractivity contribution in [2.45, 2.75) is 25.3 Å². The van der Waals surface area contributed by atoms with E-state index in [0.29, 0.717) is 5.82 Å². The summed E-state index contributed by atoms with van der Waals surface area (Å²) >= 11 is 0. The maximum Gasteiger partial charge on any atom is 0.146 e. The van der Waals surface area contributed by atoms with Gasteiger partial charge in [0.2, 0.25) is 0 Å². The summed E-state index contributed by atoms with van der Waals surface area (Å²) in [5.74, 6) is 0.635. The highest BCUT2D eigenvalue weighted by atomic mass is 15.2. The molecule has 0 unspecified atom stereocenters. The van der Waals surface area contributed by atoms with Gasteiger partial charge < -0.3 is 16.0 Å².